The van der Waals surface area contributed by atoms with Crippen molar-refractivity contribution in [3.05, 3.63) is 65.5 Å². The monoisotopic (exact) mass is 295 g/mol. The van der Waals surface area contributed by atoms with Crippen molar-refractivity contribution in [1.82, 2.24) is 9.97 Å². The van der Waals surface area contributed by atoms with Gasteiger partial charge < -0.3 is 10.7 Å². The zero-order valence-corrected chi connectivity index (χ0v) is 12.7. The fourth-order valence-electron chi connectivity index (χ4n) is 2.43. The quantitative estimate of drug-likeness (QED) is 0.724. The minimum Gasteiger partial charge on any atom is -0.393 e. The Balaban J connectivity index is 1.93. The summed E-state index contributed by atoms with van der Waals surface area (Å²) in [7, 11) is 0. The topological polar surface area (TPSA) is 54.7 Å². The summed E-state index contributed by atoms with van der Waals surface area (Å²) in [6, 6.07) is 16.4. The minimum absolute atomic E-state index is 0.0740. The molecule has 106 valence electrons. The molecule has 3 rings (SSSR count). The van der Waals surface area contributed by atoms with E-state index in [2.05, 4.69) is 41.2 Å². The SMILES string of the molecule is Cc1ccc(C[C@H](C(N)=S)c2nc3ccccc3[nH]2)cc1. The van der Waals surface area contributed by atoms with Gasteiger partial charge in [0.25, 0.3) is 0 Å². The maximum absolute atomic E-state index is 5.94. The average Bonchev–Trinajstić information content (AvgIpc) is 2.89. The number of thiocarbonyl (C=S) groups is 1. The van der Waals surface area contributed by atoms with Gasteiger partial charge in [-0.3, -0.25) is 0 Å². The first-order valence-electron chi connectivity index (χ1n) is 6.93. The Morgan fingerprint density at radius 2 is 1.90 bits per heavy atom. The van der Waals surface area contributed by atoms with Crippen LogP contribution in [0, 0.1) is 6.92 Å². The number of hydrogen-bond acceptors (Lipinski definition) is 2. The molecule has 4 heteroatoms. The summed E-state index contributed by atoms with van der Waals surface area (Å²) < 4.78 is 0. The number of H-pyrrole nitrogens is 1. The van der Waals surface area contributed by atoms with Gasteiger partial charge in [0.2, 0.25) is 0 Å². The number of benzene rings is 2. The van der Waals surface area contributed by atoms with E-state index in [1.54, 1.807) is 0 Å². The van der Waals surface area contributed by atoms with Gasteiger partial charge in [-0.1, -0.05) is 54.2 Å². The van der Waals surface area contributed by atoms with Gasteiger partial charge in [0.1, 0.15) is 5.82 Å². The number of hydrogen-bond donors (Lipinski definition) is 2. The van der Waals surface area contributed by atoms with Crippen molar-refractivity contribution >= 4 is 28.2 Å². The van der Waals surface area contributed by atoms with E-state index in [-0.39, 0.29) is 5.92 Å². The molecule has 0 aliphatic rings. The molecule has 0 unspecified atom stereocenters. The third-order valence-corrected chi connectivity index (χ3v) is 3.93. The lowest BCUT2D eigenvalue weighted by Gasteiger charge is -2.13. The number of nitrogens with two attached hydrogens (primary N) is 1. The molecule has 0 aliphatic heterocycles. The Kier molecular flexibility index (Phi) is 3.71. The smallest absolute Gasteiger partial charge is 0.117 e. The van der Waals surface area contributed by atoms with Gasteiger partial charge in [-0.15, -0.1) is 0 Å². The molecule has 0 saturated carbocycles. The van der Waals surface area contributed by atoms with E-state index in [1.807, 2.05) is 24.3 Å². The predicted octanol–water partition coefficient (Wildman–Crippen LogP) is 3.48. The number of aromatic amines is 1. The van der Waals surface area contributed by atoms with Crippen LogP contribution < -0.4 is 5.73 Å². The maximum atomic E-state index is 5.94. The summed E-state index contributed by atoms with van der Waals surface area (Å²) >= 11 is 5.25. The van der Waals surface area contributed by atoms with E-state index in [0.29, 0.717) is 4.99 Å². The maximum Gasteiger partial charge on any atom is 0.117 e. The number of fused-ring (bicyclic) bond motifs is 1. The highest BCUT2D eigenvalue weighted by atomic mass is 32.1. The largest absolute Gasteiger partial charge is 0.393 e. The van der Waals surface area contributed by atoms with Crippen LogP contribution in [0.3, 0.4) is 0 Å². The third kappa shape index (κ3) is 2.95. The van der Waals surface area contributed by atoms with Crippen LogP contribution in [0.2, 0.25) is 0 Å². The van der Waals surface area contributed by atoms with Gasteiger partial charge in [-0.2, -0.15) is 0 Å². The molecular formula is C17H17N3S. The molecule has 0 bridgehead atoms. The standard InChI is InChI=1S/C17H17N3S/c1-11-6-8-12(9-7-11)10-13(16(18)21)17-19-14-4-2-3-5-15(14)20-17/h2-9,13H,10H2,1H3,(H2,18,21)(H,19,20)/t13-/m1/s1. The fraction of sp³-hybridized carbons (Fsp3) is 0.176. The van der Waals surface area contributed by atoms with Crippen LogP contribution in [0.25, 0.3) is 11.0 Å². The van der Waals surface area contributed by atoms with E-state index in [4.69, 9.17) is 18.0 Å². The van der Waals surface area contributed by atoms with Crippen molar-refractivity contribution in [2.24, 2.45) is 5.73 Å². The Morgan fingerprint density at radius 3 is 2.57 bits per heavy atom. The zero-order chi connectivity index (χ0) is 14.8. The Labute approximate surface area is 129 Å². The summed E-state index contributed by atoms with van der Waals surface area (Å²) in [5.74, 6) is 0.763. The minimum atomic E-state index is -0.0740. The Hall–Kier alpha value is -2.20. The molecule has 0 radical (unpaired) electrons. The molecule has 1 heterocycles. The molecule has 0 fully saturated rings. The second kappa shape index (κ2) is 5.66. The number of aromatic nitrogens is 2. The van der Waals surface area contributed by atoms with E-state index in [0.717, 1.165) is 23.3 Å². The number of nitrogens with zero attached hydrogens (tertiary/aromatic N) is 1. The lowest BCUT2D eigenvalue weighted by atomic mass is 9.98. The van der Waals surface area contributed by atoms with Crippen molar-refractivity contribution in [2.45, 2.75) is 19.3 Å². The first kappa shape index (κ1) is 13.8. The molecule has 3 N–H and O–H groups in total. The van der Waals surface area contributed by atoms with E-state index >= 15 is 0 Å². The highest BCUT2D eigenvalue weighted by Gasteiger charge is 2.19. The Bertz CT molecular complexity index is 741. The first-order chi connectivity index (χ1) is 10.1. The van der Waals surface area contributed by atoms with Crippen LogP contribution in [0.15, 0.2) is 48.5 Å². The van der Waals surface area contributed by atoms with Crippen molar-refractivity contribution in [3.8, 4) is 0 Å². The van der Waals surface area contributed by atoms with Crippen molar-refractivity contribution in [1.29, 1.82) is 0 Å². The fourth-order valence-corrected chi connectivity index (χ4v) is 2.62. The molecule has 21 heavy (non-hydrogen) atoms. The van der Waals surface area contributed by atoms with Gasteiger partial charge in [-0.25, -0.2) is 4.98 Å². The summed E-state index contributed by atoms with van der Waals surface area (Å²) in [4.78, 5) is 8.42. The summed E-state index contributed by atoms with van der Waals surface area (Å²) in [5, 5.41) is 0. The summed E-state index contributed by atoms with van der Waals surface area (Å²) in [6.07, 6.45) is 0.759. The predicted molar refractivity (Wildman–Crippen MR) is 90.5 cm³/mol. The number of imidazole rings is 1. The van der Waals surface area contributed by atoms with Crippen LogP contribution in [-0.4, -0.2) is 15.0 Å². The lowest BCUT2D eigenvalue weighted by molar-refractivity contribution is 0.821. The molecule has 1 aromatic heterocycles. The van der Waals surface area contributed by atoms with Gasteiger partial charge >= 0.3 is 0 Å². The molecule has 0 spiro atoms. The lowest BCUT2D eigenvalue weighted by Crippen LogP contribution is -2.22. The number of rotatable bonds is 4. The normalized spacial score (nSPS) is 12.4. The van der Waals surface area contributed by atoms with Crippen molar-refractivity contribution in [2.75, 3.05) is 0 Å². The third-order valence-electron chi connectivity index (χ3n) is 3.64. The highest BCUT2D eigenvalue weighted by molar-refractivity contribution is 7.80. The van der Waals surface area contributed by atoms with Crippen LogP contribution in [0.5, 0.6) is 0 Å². The molecule has 0 aliphatic carbocycles. The van der Waals surface area contributed by atoms with Crippen molar-refractivity contribution in [3.63, 3.8) is 0 Å². The van der Waals surface area contributed by atoms with Gasteiger partial charge in [0, 0.05) is 0 Å². The van der Waals surface area contributed by atoms with Crippen molar-refractivity contribution < 1.29 is 0 Å². The molecule has 3 aromatic rings. The molecular weight excluding hydrogens is 278 g/mol. The average molecular weight is 295 g/mol. The molecule has 2 aromatic carbocycles. The van der Waals surface area contributed by atoms with Crippen LogP contribution in [0.1, 0.15) is 22.9 Å². The second-order valence-electron chi connectivity index (χ2n) is 5.28. The van der Waals surface area contributed by atoms with Crippen LogP contribution >= 0.6 is 12.2 Å². The van der Waals surface area contributed by atoms with E-state index in [9.17, 15) is 0 Å². The molecule has 0 amide bonds. The first-order valence-corrected chi connectivity index (χ1v) is 7.34. The van der Waals surface area contributed by atoms with Crippen LogP contribution in [0.4, 0.5) is 0 Å². The number of nitrogens with one attached hydrogen (secondary N) is 1. The highest BCUT2D eigenvalue weighted by Crippen LogP contribution is 2.22. The number of para-hydroxylation sites is 2. The number of aryl methyl sites for hydroxylation is 1. The summed E-state index contributed by atoms with van der Waals surface area (Å²) in [5.41, 5.74) is 10.3. The second-order valence-corrected chi connectivity index (χ2v) is 5.76. The van der Waals surface area contributed by atoms with Gasteiger partial charge in [-0.05, 0) is 31.0 Å². The van der Waals surface area contributed by atoms with Crippen LogP contribution in [-0.2, 0) is 6.42 Å². The van der Waals surface area contributed by atoms with E-state index in [1.165, 1.54) is 11.1 Å². The van der Waals surface area contributed by atoms with E-state index < -0.39 is 0 Å². The molecule has 1 atom stereocenters. The van der Waals surface area contributed by atoms with Gasteiger partial charge in [0.05, 0.1) is 21.9 Å². The summed E-state index contributed by atoms with van der Waals surface area (Å²) in [6.45, 7) is 2.08. The Morgan fingerprint density at radius 1 is 1.19 bits per heavy atom. The molecule has 3 nitrogen and oxygen atoms in total. The zero-order valence-electron chi connectivity index (χ0n) is 11.8. The molecule has 0 saturated heterocycles. The van der Waals surface area contributed by atoms with Gasteiger partial charge in [0.15, 0.2) is 0 Å².